The first-order valence-electron chi connectivity index (χ1n) is 9.09. The minimum Gasteiger partial charge on any atom is -0.490 e. The van der Waals surface area contributed by atoms with Gasteiger partial charge in [0.05, 0.1) is 11.5 Å². The highest BCUT2D eigenvalue weighted by Crippen LogP contribution is 2.35. The maximum atomic E-state index is 12.5. The Labute approximate surface area is 198 Å². The van der Waals surface area contributed by atoms with Crippen molar-refractivity contribution in [2.75, 3.05) is 13.2 Å². The average Bonchev–Trinajstić information content (AvgIpc) is 2.96. The van der Waals surface area contributed by atoms with Crippen LogP contribution in [0.2, 0.25) is 10.0 Å². The quantitative estimate of drug-likeness (QED) is 0.393. The second-order valence-electron chi connectivity index (χ2n) is 6.33. The van der Waals surface area contributed by atoms with E-state index in [1.807, 2.05) is 6.92 Å². The molecular formula is C21H17Cl2NO5S2. The van der Waals surface area contributed by atoms with Crippen LogP contribution in [0.4, 0.5) is 0 Å². The Kier molecular flexibility index (Phi) is 7.83. The van der Waals surface area contributed by atoms with E-state index in [0.29, 0.717) is 38.6 Å². The Hall–Kier alpha value is -2.26. The average molecular weight is 498 g/mol. The van der Waals surface area contributed by atoms with E-state index in [2.05, 4.69) is 0 Å². The summed E-state index contributed by atoms with van der Waals surface area (Å²) in [7, 11) is 0. The lowest BCUT2D eigenvalue weighted by Gasteiger charge is -2.13. The Morgan fingerprint density at radius 1 is 1.19 bits per heavy atom. The van der Waals surface area contributed by atoms with Gasteiger partial charge in [0.15, 0.2) is 11.5 Å². The summed E-state index contributed by atoms with van der Waals surface area (Å²) in [6.45, 7) is 2.03. The third kappa shape index (κ3) is 5.92. The number of thiocarbonyl (C=S) groups is 1. The van der Waals surface area contributed by atoms with Crippen molar-refractivity contribution in [2.24, 2.45) is 0 Å². The molecule has 0 unspecified atom stereocenters. The lowest BCUT2D eigenvalue weighted by molar-refractivity contribution is -0.140. The number of aliphatic carboxylic acids is 1. The fourth-order valence-corrected chi connectivity index (χ4v) is 4.44. The zero-order valence-corrected chi connectivity index (χ0v) is 19.4. The zero-order valence-electron chi connectivity index (χ0n) is 16.3. The fraction of sp³-hybridized carbons (Fsp3) is 0.190. The maximum Gasteiger partial charge on any atom is 0.323 e. The van der Waals surface area contributed by atoms with E-state index in [9.17, 15) is 9.59 Å². The number of hydrogen-bond donors (Lipinski definition) is 1. The van der Waals surface area contributed by atoms with Crippen molar-refractivity contribution in [3.8, 4) is 11.5 Å². The van der Waals surface area contributed by atoms with Gasteiger partial charge in [0.25, 0.3) is 5.91 Å². The third-order valence-corrected chi connectivity index (χ3v) is 6.10. The van der Waals surface area contributed by atoms with Crippen LogP contribution < -0.4 is 9.47 Å². The molecule has 0 radical (unpaired) electrons. The van der Waals surface area contributed by atoms with Gasteiger partial charge in [-0.25, -0.2) is 0 Å². The third-order valence-electron chi connectivity index (χ3n) is 4.13. The van der Waals surface area contributed by atoms with Crippen LogP contribution in [-0.4, -0.2) is 39.4 Å². The van der Waals surface area contributed by atoms with Gasteiger partial charge >= 0.3 is 5.97 Å². The van der Waals surface area contributed by atoms with Crippen molar-refractivity contribution in [3.63, 3.8) is 0 Å². The lowest BCUT2D eigenvalue weighted by atomic mass is 10.1. The molecule has 162 valence electrons. The number of nitrogens with zero attached hydrogens (tertiary/aromatic N) is 1. The van der Waals surface area contributed by atoms with Crippen LogP contribution in [0.15, 0.2) is 41.3 Å². The minimum atomic E-state index is -1.13. The van der Waals surface area contributed by atoms with Gasteiger partial charge in [0.2, 0.25) is 0 Å². The highest BCUT2D eigenvalue weighted by molar-refractivity contribution is 8.26. The van der Waals surface area contributed by atoms with Crippen molar-refractivity contribution in [1.82, 2.24) is 4.90 Å². The summed E-state index contributed by atoms with van der Waals surface area (Å²) < 4.78 is 11.8. The van der Waals surface area contributed by atoms with E-state index in [0.717, 1.165) is 22.2 Å². The number of carboxylic acid groups (broad SMARTS) is 1. The summed E-state index contributed by atoms with van der Waals surface area (Å²) in [5.41, 5.74) is 1.47. The number of amides is 1. The highest BCUT2D eigenvalue weighted by atomic mass is 35.5. The smallest absolute Gasteiger partial charge is 0.323 e. The van der Waals surface area contributed by atoms with Gasteiger partial charge in [-0.2, -0.15) is 0 Å². The molecule has 1 aliphatic heterocycles. The second-order valence-corrected chi connectivity index (χ2v) is 8.84. The molecule has 2 aromatic rings. The number of ether oxygens (including phenoxy) is 2. The van der Waals surface area contributed by atoms with E-state index in [1.165, 1.54) is 0 Å². The van der Waals surface area contributed by atoms with Gasteiger partial charge in [-0.15, -0.1) is 0 Å². The maximum absolute atomic E-state index is 12.5. The summed E-state index contributed by atoms with van der Waals surface area (Å²) in [6.07, 6.45) is 1.64. The predicted octanol–water partition coefficient (Wildman–Crippen LogP) is 5.26. The molecule has 1 amide bonds. The first-order chi connectivity index (χ1) is 14.8. The van der Waals surface area contributed by atoms with E-state index in [-0.39, 0.29) is 10.9 Å². The van der Waals surface area contributed by atoms with Crippen molar-refractivity contribution < 1.29 is 24.2 Å². The first-order valence-corrected chi connectivity index (χ1v) is 11.1. The molecule has 0 bridgehead atoms. The number of thioether (sulfide) groups is 1. The minimum absolute atomic E-state index is 0.212. The Bertz CT molecular complexity index is 1070. The van der Waals surface area contributed by atoms with Crippen LogP contribution in [0, 0.1) is 0 Å². The number of carbonyl (C=O) groups excluding carboxylic acids is 1. The standard InChI is InChI=1S/C21H17Cl2NO5S2/c1-2-28-17-7-12(8-18-20(27)24(10-19(25)26)21(30)31-18)3-6-16(17)29-11-13-4-5-14(22)9-15(13)23/h3-9H,2,10-11H2,1H3,(H,25,26)/b18-8-. The molecule has 1 aliphatic rings. The Balaban J connectivity index is 1.80. The summed E-state index contributed by atoms with van der Waals surface area (Å²) in [5.74, 6) is -0.544. The van der Waals surface area contributed by atoms with Gasteiger partial charge < -0.3 is 14.6 Å². The summed E-state index contributed by atoms with van der Waals surface area (Å²) in [5, 5.41) is 10.00. The number of benzene rings is 2. The largest absolute Gasteiger partial charge is 0.490 e. The molecule has 6 nitrogen and oxygen atoms in total. The molecule has 0 spiro atoms. The zero-order chi connectivity index (χ0) is 22.5. The lowest BCUT2D eigenvalue weighted by Crippen LogP contribution is -2.33. The van der Waals surface area contributed by atoms with Gasteiger partial charge in [-0.3, -0.25) is 14.5 Å². The summed E-state index contributed by atoms with van der Waals surface area (Å²) >= 11 is 18.3. The molecule has 3 rings (SSSR count). The number of carbonyl (C=O) groups is 2. The van der Waals surface area contributed by atoms with Crippen LogP contribution >= 0.6 is 47.2 Å². The van der Waals surface area contributed by atoms with E-state index in [4.69, 9.17) is 50.0 Å². The van der Waals surface area contributed by atoms with Crippen LogP contribution in [0.1, 0.15) is 18.1 Å². The highest BCUT2D eigenvalue weighted by Gasteiger charge is 2.33. The predicted molar refractivity (Wildman–Crippen MR) is 126 cm³/mol. The molecule has 0 saturated carbocycles. The molecule has 0 aromatic heterocycles. The fourth-order valence-electron chi connectivity index (χ4n) is 2.72. The Morgan fingerprint density at radius 3 is 2.65 bits per heavy atom. The molecule has 1 N–H and O–H groups in total. The van der Waals surface area contributed by atoms with Crippen LogP contribution in [0.25, 0.3) is 6.08 Å². The van der Waals surface area contributed by atoms with Crippen molar-refractivity contribution >= 4 is 69.5 Å². The first kappa shape index (κ1) is 23.4. The molecule has 1 saturated heterocycles. The number of rotatable bonds is 8. The summed E-state index contributed by atoms with van der Waals surface area (Å²) in [6, 6.07) is 10.4. The van der Waals surface area contributed by atoms with E-state index < -0.39 is 18.4 Å². The molecule has 31 heavy (non-hydrogen) atoms. The van der Waals surface area contributed by atoms with Gasteiger partial charge in [0, 0.05) is 15.6 Å². The monoisotopic (exact) mass is 497 g/mol. The topological polar surface area (TPSA) is 76.1 Å². The Morgan fingerprint density at radius 2 is 1.97 bits per heavy atom. The van der Waals surface area contributed by atoms with Crippen LogP contribution in [0.5, 0.6) is 11.5 Å². The normalized spacial score (nSPS) is 14.9. The summed E-state index contributed by atoms with van der Waals surface area (Å²) in [4.78, 5) is 24.8. The number of hydrogen-bond acceptors (Lipinski definition) is 6. The number of halogens is 2. The van der Waals surface area contributed by atoms with Crippen LogP contribution in [-0.2, 0) is 16.2 Å². The van der Waals surface area contributed by atoms with Gasteiger partial charge in [-0.05, 0) is 42.8 Å². The second kappa shape index (κ2) is 10.4. The number of carboxylic acids is 1. The van der Waals surface area contributed by atoms with E-state index in [1.54, 1.807) is 42.5 Å². The van der Waals surface area contributed by atoms with Crippen molar-refractivity contribution in [3.05, 3.63) is 62.5 Å². The van der Waals surface area contributed by atoms with Crippen molar-refractivity contribution in [2.45, 2.75) is 13.5 Å². The SMILES string of the molecule is CCOc1cc(/C=C2\SC(=S)N(CC(=O)O)C2=O)ccc1OCc1ccc(Cl)cc1Cl. The van der Waals surface area contributed by atoms with E-state index >= 15 is 0 Å². The molecule has 10 heteroatoms. The molecule has 1 heterocycles. The molecule has 0 aliphatic carbocycles. The van der Waals surface area contributed by atoms with Crippen molar-refractivity contribution in [1.29, 1.82) is 0 Å². The van der Waals surface area contributed by atoms with Gasteiger partial charge in [-0.1, -0.05) is 59.3 Å². The molecular weight excluding hydrogens is 481 g/mol. The van der Waals surface area contributed by atoms with Crippen LogP contribution in [0.3, 0.4) is 0 Å². The molecule has 2 aromatic carbocycles. The molecule has 0 atom stereocenters. The van der Waals surface area contributed by atoms with Gasteiger partial charge in [0.1, 0.15) is 17.5 Å². The molecule has 1 fully saturated rings.